The van der Waals surface area contributed by atoms with Crippen molar-refractivity contribution < 1.29 is 5.11 Å². The first-order valence-electron chi connectivity index (χ1n) is 9.37. The van der Waals surface area contributed by atoms with Gasteiger partial charge in [0.15, 0.2) is 5.96 Å². The van der Waals surface area contributed by atoms with E-state index in [1.807, 2.05) is 21.0 Å². The third-order valence-electron chi connectivity index (χ3n) is 6.31. The van der Waals surface area contributed by atoms with Crippen LogP contribution in [0.4, 0.5) is 0 Å². The van der Waals surface area contributed by atoms with E-state index in [9.17, 15) is 5.11 Å². The van der Waals surface area contributed by atoms with Gasteiger partial charge in [-0.15, -0.1) is 0 Å². The molecule has 2 aliphatic carbocycles. The van der Waals surface area contributed by atoms with Crippen LogP contribution in [0.25, 0.3) is 11.1 Å². The third kappa shape index (κ3) is 2.70. The zero-order valence-electron chi connectivity index (χ0n) is 16.3. The van der Waals surface area contributed by atoms with Gasteiger partial charge in [0.05, 0.1) is 6.10 Å². The molecule has 27 heavy (non-hydrogen) atoms. The highest BCUT2D eigenvalue weighted by Crippen LogP contribution is 2.68. The summed E-state index contributed by atoms with van der Waals surface area (Å²) in [5, 5.41) is 11.0. The molecular formula is C21H27N5O. The Morgan fingerprint density at radius 1 is 1.30 bits per heavy atom. The Balaban J connectivity index is 1.94. The molecule has 1 aromatic carbocycles. The monoisotopic (exact) mass is 365 g/mol. The van der Waals surface area contributed by atoms with Crippen molar-refractivity contribution in [2.75, 3.05) is 14.1 Å². The standard InChI is InChI=1S/C21H27N5O/c1-13(27)21(25-19(22)26(3)4)17-7-14(16-10-23-12-24-11-16)5-6-15(17)8-20(2)9-18(20)21/h5-7,10-13,18,27H,8-9H2,1-4H3,(H2,22,25). The molecule has 4 atom stereocenters. The molecule has 0 radical (unpaired) electrons. The number of aliphatic imine (C=N–C) groups is 1. The van der Waals surface area contributed by atoms with E-state index in [1.165, 1.54) is 11.9 Å². The van der Waals surface area contributed by atoms with Crippen LogP contribution in [0.2, 0.25) is 0 Å². The highest BCUT2D eigenvalue weighted by atomic mass is 16.3. The number of rotatable bonds is 3. The highest BCUT2D eigenvalue weighted by Gasteiger charge is 2.66. The molecule has 3 N–H and O–H groups in total. The number of nitrogens with two attached hydrogens (primary N) is 1. The van der Waals surface area contributed by atoms with E-state index in [1.54, 1.807) is 17.3 Å². The van der Waals surface area contributed by atoms with Crippen LogP contribution < -0.4 is 5.73 Å². The Morgan fingerprint density at radius 2 is 2.00 bits per heavy atom. The van der Waals surface area contributed by atoms with Gasteiger partial charge in [-0.1, -0.05) is 19.1 Å². The van der Waals surface area contributed by atoms with Crippen LogP contribution in [0.1, 0.15) is 31.4 Å². The molecule has 2 aliphatic rings. The average Bonchev–Trinajstić information content (AvgIpc) is 3.33. The molecule has 142 valence electrons. The number of aliphatic hydroxyl groups is 1. The van der Waals surface area contributed by atoms with Crippen molar-refractivity contribution in [2.24, 2.45) is 22.1 Å². The topological polar surface area (TPSA) is 87.6 Å². The van der Waals surface area contributed by atoms with Crippen LogP contribution in [0.5, 0.6) is 0 Å². The fourth-order valence-corrected chi connectivity index (χ4v) is 4.68. The van der Waals surface area contributed by atoms with Crippen molar-refractivity contribution in [2.45, 2.75) is 38.3 Å². The summed E-state index contributed by atoms with van der Waals surface area (Å²) in [7, 11) is 3.75. The molecule has 0 spiro atoms. The van der Waals surface area contributed by atoms with E-state index in [4.69, 9.17) is 10.7 Å². The largest absolute Gasteiger partial charge is 0.391 e. The molecule has 1 fully saturated rings. The number of hydrogen-bond donors (Lipinski definition) is 2. The lowest BCUT2D eigenvalue weighted by atomic mass is 9.69. The van der Waals surface area contributed by atoms with Gasteiger partial charge in [0.1, 0.15) is 11.9 Å². The Kier molecular flexibility index (Phi) is 4.00. The van der Waals surface area contributed by atoms with E-state index in [2.05, 4.69) is 35.1 Å². The fraction of sp³-hybridized carbons (Fsp3) is 0.476. The second kappa shape index (κ2) is 6.02. The predicted octanol–water partition coefficient (Wildman–Crippen LogP) is 2.18. The van der Waals surface area contributed by atoms with Crippen molar-refractivity contribution in [3.05, 3.63) is 48.0 Å². The minimum Gasteiger partial charge on any atom is -0.391 e. The third-order valence-corrected chi connectivity index (χ3v) is 6.31. The first kappa shape index (κ1) is 17.9. The maximum absolute atomic E-state index is 11.0. The van der Waals surface area contributed by atoms with E-state index in [0.29, 0.717) is 5.96 Å². The smallest absolute Gasteiger partial charge is 0.191 e. The van der Waals surface area contributed by atoms with Crippen molar-refractivity contribution in [1.82, 2.24) is 14.9 Å². The van der Waals surface area contributed by atoms with E-state index >= 15 is 0 Å². The highest BCUT2D eigenvalue weighted by molar-refractivity contribution is 5.78. The molecular weight excluding hydrogens is 338 g/mol. The van der Waals surface area contributed by atoms with Gasteiger partial charge in [-0.05, 0) is 53.9 Å². The van der Waals surface area contributed by atoms with Gasteiger partial charge in [-0.3, -0.25) is 0 Å². The summed E-state index contributed by atoms with van der Waals surface area (Å²) in [4.78, 5) is 15.0. The first-order chi connectivity index (χ1) is 12.8. The number of guanidine groups is 1. The van der Waals surface area contributed by atoms with Crippen molar-refractivity contribution in [3.8, 4) is 11.1 Å². The Bertz CT molecular complexity index is 895. The number of aliphatic hydroxyl groups excluding tert-OH is 1. The maximum Gasteiger partial charge on any atom is 0.191 e. The molecule has 2 aromatic rings. The molecule has 6 heteroatoms. The normalized spacial score (nSPS) is 30.3. The summed E-state index contributed by atoms with van der Waals surface area (Å²) in [6.45, 7) is 4.12. The van der Waals surface area contributed by atoms with Crippen LogP contribution in [0, 0.1) is 11.3 Å². The molecule has 0 amide bonds. The molecule has 0 bridgehead atoms. The van der Waals surface area contributed by atoms with Gasteiger partial charge in [0.25, 0.3) is 0 Å². The summed E-state index contributed by atoms with van der Waals surface area (Å²) in [6.07, 6.45) is 6.54. The SMILES string of the molecule is CC(O)C1(N=C(N)N(C)C)c2cc(-c3cncnc3)ccc2CC2(C)CC21. The number of hydrogen-bond acceptors (Lipinski definition) is 4. The van der Waals surface area contributed by atoms with Gasteiger partial charge >= 0.3 is 0 Å². The van der Waals surface area contributed by atoms with Gasteiger partial charge in [-0.2, -0.15) is 0 Å². The summed E-state index contributed by atoms with van der Waals surface area (Å²) < 4.78 is 0. The lowest BCUT2D eigenvalue weighted by Gasteiger charge is -2.41. The van der Waals surface area contributed by atoms with Gasteiger partial charge in [0.2, 0.25) is 0 Å². The molecule has 1 heterocycles. The zero-order valence-corrected chi connectivity index (χ0v) is 16.3. The fourth-order valence-electron chi connectivity index (χ4n) is 4.68. The van der Waals surface area contributed by atoms with Crippen LogP contribution in [-0.2, 0) is 12.0 Å². The molecule has 1 saturated carbocycles. The minimum absolute atomic E-state index is 0.164. The minimum atomic E-state index is -0.734. The van der Waals surface area contributed by atoms with Gasteiger partial charge in [-0.25, -0.2) is 15.0 Å². The molecule has 4 rings (SSSR count). The van der Waals surface area contributed by atoms with Crippen LogP contribution in [0.15, 0.2) is 41.9 Å². The maximum atomic E-state index is 11.0. The Labute approximate surface area is 160 Å². The van der Waals surface area contributed by atoms with E-state index < -0.39 is 11.6 Å². The van der Waals surface area contributed by atoms with Crippen molar-refractivity contribution in [1.29, 1.82) is 0 Å². The second-order valence-corrected chi connectivity index (χ2v) is 8.45. The predicted molar refractivity (Wildman–Crippen MR) is 106 cm³/mol. The van der Waals surface area contributed by atoms with E-state index in [0.717, 1.165) is 29.5 Å². The van der Waals surface area contributed by atoms with Crippen LogP contribution in [-0.4, -0.2) is 46.1 Å². The lowest BCUT2D eigenvalue weighted by molar-refractivity contribution is 0.0694. The Hall–Kier alpha value is -2.47. The molecule has 0 saturated heterocycles. The molecule has 1 aromatic heterocycles. The van der Waals surface area contributed by atoms with Gasteiger partial charge in [0, 0.05) is 32.1 Å². The summed E-state index contributed by atoms with van der Waals surface area (Å²) in [5.41, 5.74) is 9.97. The zero-order chi connectivity index (χ0) is 19.4. The van der Waals surface area contributed by atoms with Crippen LogP contribution in [0.3, 0.4) is 0 Å². The summed E-state index contributed by atoms with van der Waals surface area (Å²) in [6, 6.07) is 6.41. The lowest BCUT2D eigenvalue weighted by Crippen LogP contribution is -2.46. The second-order valence-electron chi connectivity index (χ2n) is 8.45. The van der Waals surface area contributed by atoms with Gasteiger partial charge < -0.3 is 15.7 Å². The van der Waals surface area contributed by atoms with Crippen molar-refractivity contribution >= 4 is 5.96 Å². The number of fused-ring (bicyclic) bond motifs is 2. The number of nitrogens with zero attached hydrogens (tertiary/aromatic N) is 4. The quantitative estimate of drug-likeness (QED) is 0.643. The van der Waals surface area contributed by atoms with Crippen molar-refractivity contribution in [3.63, 3.8) is 0 Å². The van der Waals surface area contributed by atoms with E-state index in [-0.39, 0.29) is 11.3 Å². The molecule has 6 nitrogen and oxygen atoms in total. The Morgan fingerprint density at radius 3 is 2.63 bits per heavy atom. The number of benzene rings is 1. The molecule has 0 aliphatic heterocycles. The first-order valence-corrected chi connectivity index (χ1v) is 9.37. The summed E-state index contributed by atoms with van der Waals surface area (Å²) >= 11 is 0. The average molecular weight is 365 g/mol. The summed E-state index contributed by atoms with van der Waals surface area (Å²) in [5.74, 6) is 0.713. The van der Waals surface area contributed by atoms with Crippen LogP contribution >= 0.6 is 0 Å². The number of aromatic nitrogens is 2. The molecule has 4 unspecified atom stereocenters.